The lowest BCUT2D eigenvalue weighted by Crippen LogP contribution is -2.37. The van der Waals surface area contributed by atoms with Crippen LogP contribution in [0.5, 0.6) is 0 Å². The predicted octanol–water partition coefficient (Wildman–Crippen LogP) is 3.11. The van der Waals surface area contributed by atoms with Gasteiger partial charge in [0.2, 0.25) is 0 Å². The molecule has 1 aromatic heterocycles. The Labute approximate surface area is 117 Å². The molecule has 0 spiro atoms. The number of benzene rings is 1. The van der Waals surface area contributed by atoms with Gasteiger partial charge in [-0.2, -0.15) is 0 Å². The quantitative estimate of drug-likeness (QED) is 0.664. The number of hydrogen-bond acceptors (Lipinski definition) is 2. The summed E-state index contributed by atoms with van der Waals surface area (Å²) in [6, 6.07) is 8.43. The van der Waals surface area contributed by atoms with Crippen molar-refractivity contribution in [3.05, 3.63) is 35.2 Å². The van der Waals surface area contributed by atoms with Crippen LogP contribution in [0.1, 0.15) is 24.8 Å². The molecule has 19 heavy (non-hydrogen) atoms. The zero-order valence-corrected chi connectivity index (χ0v) is 11.7. The lowest BCUT2D eigenvalue weighted by Gasteiger charge is -2.25. The average molecular weight is 273 g/mol. The summed E-state index contributed by atoms with van der Waals surface area (Å²) in [6.07, 6.45) is 4.02. The molecule has 4 heteroatoms. The van der Waals surface area contributed by atoms with E-state index >= 15 is 0 Å². The molecule has 0 unspecified atom stereocenters. The minimum Gasteiger partial charge on any atom is -0.370 e. The molecule has 0 bridgehead atoms. The fraction of sp³-hybridized carbons (Fsp3) is 0.400. The van der Waals surface area contributed by atoms with Crippen molar-refractivity contribution in [1.82, 2.24) is 5.32 Å². The molecule has 0 aliphatic heterocycles. The standard InChI is InChI=1S/C15H19N3S/c16-15(17-8-11-4-3-5-11)18-9-12-10-19-14-7-2-1-6-13(12)14/h1-2,6-7,10-11H,3-5,8-9H2,(H3,16,17,18). The lowest BCUT2D eigenvalue weighted by atomic mass is 9.85. The third-order valence-corrected chi connectivity index (χ3v) is 4.79. The number of rotatable bonds is 4. The van der Waals surface area contributed by atoms with Crippen molar-refractivity contribution < 1.29 is 0 Å². The van der Waals surface area contributed by atoms with E-state index in [0.717, 1.165) is 12.5 Å². The second-order valence-corrected chi connectivity index (χ2v) is 6.05. The van der Waals surface area contributed by atoms with E-state index in [1.807, 2.05) is 0 Å². The maximum atomic E-state index is 5.90. The molecule has 0 saturated heterocycles. The zero-order chi connectivity index (χ0) is 13.1. The van der Waals surface area contributed by atoms with Gasteiger partial charge in [-0.3, -0.25) is 0 Å². The van der Waals surface area contributed by atoms with Gasteiger partial charge in [-0.15, -0.1) is 11.3 Å². The summed E-state index contributed by atoms with van der Waals surface area (Å²) in [5.41, 5.74) is 7.16. The van der Waals surface area contributed by atoms with E-state index in [4.69, 9.17) is 5.73 Å². The van der Waals surface area contributed by atoms with Crippen molar-refractivity contribution in [3.8, 4) is 0 Å². The van der Waals surface area contributed by atoms with Gasteiger partial charge in [-0.05, 0) is 41.2 Å². The van der Waals surface area contributed by atoms with Crippen molar-refractivity contribution in [1.29, 1.82) is 0 Å². The largest absolute Gasteiger partial charge is 0.370 e. The van der Waals surface area contributed by atoms with Gasteiger partial charge in [-0.1, -0.05) is 24.6 Å². The molecule has 1 fully saturated rings. The highest BCUT2D eigenvalue weighted by Crippen LogP contribution is 2.26. The molecular weight excluding hydrogens is 254 g/mol. The average Bonchev–Trinajstić information content (AvgIpc) is 2.78. The van der Waals surface area contributed by atoms with E-state index in [0.29, 0.717) is 12.5 Å². The highest BCUT2D eigenvalue weighted by atomic mass is 32.1. The fourth-order valence-corrected chi connectivity index (χ4v) is 3.28. The van der Waals surface area contributed by atoms with E-state index < -0.39 is 0 Å². The van der Waals surface area contributed by atoms with E-state index in [-0.39, 0.29) is 0 Å². The topological polar surface area (TPSA) is 50.4 Å². The maximum absolute atomic E-state index is 5.90. The van der Waals surface area contributed by atoms with Gasteiger partial charge in [0, 0.05) is 11.2 Å². The third-order valence-electron chi connectivity index (χ3n) is 3.78. The van der Waals surface area contributed by atoms with E-state index in [9.17, 15) is 0 Å². The number of guanidine groups is 1. The summed E-state index contributed by atoms with van der Waals surface area (Å²) in [5, 5.41) is 6.69. The summed E-state index contributed by atoms with van der Waals surface area (Å²) >= 11 is 1.77. The van der Waals surface area contributed by atoms with Crippen LogP contribution in [0.25, 0.3) is 10.1 Å². The number of nitrogens with one attached hydrogen (secondary N) is 1. The lowest BCUT2D eigenvalue weighted by molar-refractivity contribution is 0.315. The Morgan fingerprint density at radius 2 is 2.21 bits per heavy atom. The SMILES string of the molecule is NC(=NCc1csc2ccccc12)NCC1CCC1. The van der Waals surface area contributed by atoms with Crippen molar-refractivity contribution in [3.63, 3.8) is 0 Å². The smallest absolute Gasteiger partial charge is 0.188 e. The van der Waals surface area contributed by atoms with Crippen molar-refractivity contribution >= 4 is 27.4 Å². The normalized spacial score (nSPS) is 16.5. The predicted molar refractivity (Wildman–Crippen MR) is 82.5 cm³/mol. The van der Waals surface area contributed by atoms with Gasteiger partial charge >= 0.3 is 0 Å². The monoisotopic (exact) mass is 273 g/mol. The van der Waals surface area contributed by atoms with Crippen LogP contribution < -0.4 is 11.1 Å². The second-order valence-electron chi connectivity index (χ2n) is 5.14. The van der Waals surface area contributed by atoms with Crippen molar-refractivity contribution in [2.75, 3.05) is 6.54 Å². The Morgan fingerprint density at radius 3 is 3.00 bits per heavy atom. The first-order chi connectivity index (χ1) is 9.33. The molecular formula is C15H19N3S. The first kappa shape index (κ1) is 12.5. The van der Waals surface area contributed by atoms with Gasteiger partial charge < -0.3 is 11.1 Å². The fourth-order valence-electron chi connectivity index (χ4n) is 2.33. The van der Waals surface area contributed by atoms with Crippen molar-refractivity contribution in [2.45, 2.75) is 25.8 Å². The third kappa shape index (κ3) is 2.89. The Hall–Kier alpha value is -1.55. The van der Waals surface area contributed by atoms with Crippen LogP contribution in [-0.4, -0.2) is 12.5 Å². The maximum Gasteiger partial charge on any atom is 0.188 e. The first-order valence-corrected chi connectivity index (χ1v) is 7.70. The Kier molecular flexibility index (Phi) is 3.69. The molecule has 1 aromatic carbocycles. The van der Waals surface area contributed by atoms with E-state index in [1.54, 1.807) is 11.3 Å². The zero-order valence-electron chi connectivity index (χ0n) is 10.9. The molecule has 0 atom stereocenters. The molecule has 1 heterocycles. The number of aliphatic imine (C=N–C) groups is 1. The number of fused-ring (bicyclic) bond motifs is 1. The molecule has 3 rings (SSSR count). The number of nitrogens with two attached hydrogens (primary N) is 1. The highest BCUT2D eigenvalue weighted by Gasteiger charge is 2.16. The summed E-state index contributed by atoms with van der Waals surface area (Å²) in [5.74, 6) is 1.37. The Morgan fingerprint density at radius 1 is 1.37 bits per heavy atom. The molecule has 3 nitrogen and oxygen atoms in total. The van der Waals surface area contributed by atoms with Crippen LogP contribution in [0, 0.1) is 5.92 Å². The van der Waals surface area contributed by atoms with E-state index in [2.05, 4.69) is 40.0 Å². The van der Waals surface area contributed by atoms with Gasteiger partial charge in [0.15, 0.2) is 5.96 Å². The number of hydrogen-bond donors (Lipinski definition) is 2. The first-order valence-electron chi connectivity index (χ1n) is 6.82. The van der Waals surface area contributed by atoms with Gasteiger partial charge in [-0.25, -0.2) is 4.99 Å². The van der Waals surface area contributed by atoms with Crippen LogP contribution in [0.2, 0.25) is 0 Å². The Bertz CT molecular complexity index is 584. The molecule has 1 aliphatic carbocycles. The summed E-state index contributed by atoms with van der Waals surface area (Å²) < 4.78 is 1.31. The van der Waals surface area contributed by atoms with Gasteiger partial charge in [0.1, 0.15) is 0 Å². The van der Waals surface area contributed by atoms with Crippen LogP contribution >= 0.6 is 11.3 Å². The van der Waals surface area contributed by atoms with Gasteiger partial charge in [0.25, 0.3) is 0 Å². The minimum absolute atomic E-state index is 0.571. The van der Waals surface area contributed by atoms with Crippen LogP contribution in [0.3, 0.4) is 0 Å². The molecule has 0 radical (unpaired) electrons. The second kappa shape index (κ2) is 5.61. The Balaban J connectivity index is 1.60. The van der Waals surface area contributed by atoms with Crippen molar-refractivity contribution in [2.24, 2.45) is 16.6 Å². The summed E-state index contributed by atoms with van der Waals surface area (Å²) in [6.45, 7) is 1.63. The number of thiophene rings is 1. The summed E-state index contributed by atoms with van der Waals surface area (Å²) in [7, 11) is 0. The van der Waals surface area contributed by atoms with Crippen LogP contribution in [0.15, 0.2) is 34.6 Å². The van der Waals surface area contributed by atoms with E-state index in [1.165, 1.54) is 34.9 Å². The molecule has 3 N–H and O–H groups in total. The molecule has 2 aromatic rings. The van der Waals surface area contributed by atoms with Crippen LogP contribution in [-0.2, 0) is 6.54 Å². The van der Waals surface area contributed by atoms with Gasteiger partial charge in [0.05, 0.1) is 6.54 Å². The molecule has 1 saturated carbocycles. The molecule has 100 valence electrons. The molecule has 1 aliphatic rings. The molecule has 0 amide bonds. The highest BCUT2D eigenvalue weighted by molar-refractivity contribution is 7.17. The summed E-state index contributed by atoms with van der Waals surface area (Å²) in [4.78, 5) is 4.44. The van der Waals surface area contributed by atoms with Crippen LogP contribution in [0.4, 0.5) is 0 Å². The number of nitrogens with zero attached hydrogens (tertiary/aromatic N) is 1. The minimum atomic E-state index is 0.571.